The van der Waals surface area contributed by atoms with Gasteiger partial charge in [-0.25, -0.2) is 9.66 Å². The van der Waals surface area contributed by atoms with Gasteiger partial charge in [-0.1, -0.05) is 42.5 Å². The van der Waals surface area contributed by atoms with E-state index in [-0.39, 0.29) is 5.56 Å². The Morgan fingerprint density at radius 1 is 0.963 bits per heavy atom. The molecule has 1 N–H and O–H groups in total. The lowest BCUT2D eigenvalue weighted by molar-refractivity contribution is 0.101. The first-order chi connectivity index (χ1) is 13.2. The van der Waals surface area contributed by atoms with Crippen molar-refractivity contribution >= 4 is 16.8 Å². The van der Waals surface area contributed by atoms with Gasteiger partial charge in [-0.2, -0.15) is 0 Å². The molecule has 132 valence electrons. The maximum absolute atomic E-state index is 13.0. The zero-order valence-corrected chi connectivity index (χ0v) is 14.4. The monoisotopic (exact) mass is 356 g/mol. The molecule has 2 aromatic heterocycles. The summed E-state index contributed by atoms with van der Waals surface area (Å²) in [5.74, 6) is 0.0405. The van der Waals surface area contributed by atoms with Gasteiger partial charge in [-0.15, -0.1) is 0 Å². The summed E-state index contributed by atoms with van der Waals surface area (Å²) < 4.78 is 1.23. The SMILES string of the molecule is O=C(Nn1c(Cc2ccccc2)nc2ccccc2c1=O)c1cccnc1. The quantitative estimate of drug-likeness (QED) is 0.610. The number of benzene rings is 2. The molecule has 0 radical (unpaired) electrons. The molecule has 0 unspecified atom stereocenters. The van der Waals surface area contributed by atoms with Crippen molar-refractivity contribution in [3.8, 4) is 0 Å². The van der Waals surface area contributed by atoms with Crippen LogP contribution in [0.15, 0.2) is 83.9 Å². The number of fused-ring (bicyclic) bond motifs is 1. The smallest absolute Gasteiger partial charge is 0.267 e. The minimum absolute atomic E-state index is 0.316. The van der Waals surface area contributed by atoms with Crippen molar-refractivity contribution < 1.29 is 4.79 Å². The lowest BCUT2D eigenvalue weighted by Crippen LogP contribution is -2.36. The maximum atomic E-state index is 13.0. The fourth-order valence-corrected chi connectivity index (χ4v) is 2.85. The molecule has 1 amide bonds. The molecule has 0 aliphatic heterocycles. The number of carbonyl (C=O) groups excluding carboxylic acids is 1. The van der Waals surface area contributed by atoms with Crippen LogP contribution in [0.3, 0.4) is 0 Å². The molecule has 0 aliphatic rings. The topological polar surface area (TPSA) is 76.9 Å². The average molecular weight is 356 g/mol. The van der Waals surface area contributed by atoms with Crippen LogP contribution in [0.25, 0.3) is 10.9 Å². The van der Waals surface area contributed by atoms with Gasteiger partial charge in [0, 0.05) is 18.8 Å². The van der Waals surface area contributed by atoms with Gasteiger partial charge in [-0.3, -0.25) is 20.0 Å². The fourth-order valence-electron chi connectivity index (χ4n) is 2.85. The lowest BCUT2D eigenvalue weighted by Gasteiger charge is -2.14. The van der Waals surface area contributed by atoms with Crippen LogP contribution in [0.2, 0.25) is 0 Å². The number of aromatic nitrogens is 3. The van der Waals surface area contributed by atoms with Gasteiger partial charge in [0.05, 0.1) is 16.5 Å². The summed E-state index contributed by atoms with van der Waals surface area (Å²) in [6.07, 6.45) is 3.45. The summed E-state index contributed by atoms with van der Waals surface area (Å²) >= 11 is 0. The van der Waals surface area contributed by atoms with Crippen LogP contribution < -0.4 is 11.0 Å². The summed E-state index contributed by atoms with van der Waals surface area (Å²) in [5.41, 5.74) is 4.31. The molecule has 0 atom stereocenters. The second-order valence-electron chi connectivity index (χ2n) is 6.03. The Hall–Kier alpha value is -3.80. The lowest BCUT2D eigenvalue weighted by atomic mass is 10.1. The number of hydrogen-bond acceptors (Lipinski definition) is 4. The molecule has 6 heteroatoms. The Morgan fingerprint density at radius 2 is 1.74 bits per heavy atom. The van der Waals surface area contributed by atoms with Crippen molar-refractivity contribution in [1.29, 1.82) is 0 Å². The van der Waals surface area contributed by atoms with Crippen molar-refractivity contribution in [2.75, 3.05) is 5.43 Å². The zero-order valence-electron chi connectivity index (χ0n) is 14.4. The van der Waals surface area contributed by atoms with E-state index in [1.807, 2.05) is 36.4 Å². The summed E-state index contributed by atoms with van der Waals surface area (Å²) in [4.78, 5) is 34.1. The molecule has 0 spiro atoms. The van der Waals surface area contributed by atoms with E-state index in [9.17, 15) is 9.59 Å². The van der Waals surface area contributed by atoms with E-state index in [0.717, 1.165) is 5.56 Å². The van der Waals surface area contributed by atoms with Gasteiger partial charge >= 0.3 is 0 Å². The van der Waals surface area contributed by atoms with Crippen molar-refractivity contribution in [3.63, 3.8) is 0 Å². The number of rotatable bonds is 4. The molecule has 6 nitrogen and oxygen atoms in total. The molecule has 0 saturated heterocycles. The molecule has 0 fully saturated rings. The Morgan fingerprint density at radius 3 is 2.52 bits per heavy atom. The number of carbonyl (C=O) groups is 1. The maximum Gasteiger partial charge on any atom is 0.280 e. The Bertz CT molecular complexity index is 1160. The van der Waals surface area contributed by atoms with Crippen LogP contribution in [0.4, 0.5) is 0 Å². The molecular weight excluding hydrogens is 340 g/mol. The standard InChI is InChI=1S/C21H16N4O2/c26-20(16-9-6-12-22-14-16)24-25-19(13-15-7-2-1-3-8-15)23-18-11-5-4-10-17(18)21(25)27/h1-12,14H,13H2,(H,24,26). The molecule has 0 saturated carbocycles. The molecular formula is C21H16N4O2. The van der Waals surface area contributed by atoms with Crippen molar-refractivity contribution in [3.05, 3.63) is 106 Å². The zero-order chi connectivity index (χ0) is 18.6. The number of nitrogens with zero attached hydrogens (tertiary/aromatic N) is 3. The van der Waals surface area contributed by atoms with Gasteiger partial charge in [0.1, 0.15) is 5.82 Å². The van der Waals surface area contributed by atoms with Crippen LogP contribution in [0.1, 0.15) is 21.7 Å². The van der Waals surface area contributed by atoms with Crippen LogP contribution >= 0.6 is 0 Å². The molecule has 4 rings (SSSR count). The number of nitrogens with one attached hydrogen (secondary N) is 1. The molecule has 4 aromatic rings. The predicted octanol–water partition coefficient (Wildman–Crippen LogP) is 2.77. The number of amides is 1. The third-order valence-corrected chi connectivity index (χ3v) is 4.19. The highest BCUT2D eigenvalue weighted by molar-refractivity contribution is 5.99. The first kappa shape index (κ1) is 16.7. The van der Waals surface area contributed by atoms with E-state index in [1.165, 1.54) is 10.9 Å². The summed E-state index contributed by atoms with van der Waals surface area (Å²) in [6.45, 7) is 0. The highest BCUT2D eigenvalue weighted by Gasteiger charge is 2.15. The van der Waals surface area contributed by atoms with Gasteiger partial charge in [0.25, 0.3) is 11.5 Å². The number of hydrogen-bond donors (Lipinski definition) is 1. The van der Waals surface area contributed by atoms with E-state index < -0.39 is 5.91 Å². The van der Waals surface area contributed by atoms with Crippen LogP contribution in [-0.4, -0.2) is 20.6 Å². The van der Waals surface area contributed by atoms with E-state index in [1.54, 1.807) is 36.5 Å². The summed E-state index contributed by atoms with van der Waals surface area (Å²) in [6, 6.07) is 20.1. The van der Waals surface area contributed by atoms with Crippen molar-refractivity contribution in [2.24, 2.45) is 0 Å². The largest absolute Gasteiger partial charge is 0.280 e. The second-order valence-corrected chi connectivity index (χ2v) is 6.03. The average Bonchev–Trinajstić information content (AvgIpc) is 2.72. The van der Waals surface area contributed by atoms with Gasteiger partial charge < -0.3 is 0 Å². The fraction of sp³-hybridized carbons (Fsp3) is 0.0476. The van der Waals surface area contributed by atoms with Crippen LogP contribution in [-0.2, 0) is 6.42 Å². The van der Waals surface area contributed by atoms with Gasteiger partial charge in [-0.05, 0) is 29.8 Å². The highest BCUT2D eigenvalue weighted by atomic mass is 16.2. The molecule has 2 aromatic carbocycles. The molecule has 27 heavy (non-hydrogen) atoms. The van der Waals surface area contributed by atoms with Gasteiger partial charge in [0.2, 0.25) is 0 Å². The normalized spacial score (nSPS) is 10.7. The Labute approximate surface area is 155 Å². The van der Waals surface area contributed by atoms with E-state index in [4.69, 9.17) is 0 Å². The Kier molecular flexibility index (Phi) is 4.45. The predicted molar refractivity (Wildman–Crippen MR) is 103 cm³/mol. The van der Waals surface area contributed by atoms with Crippen molar-refractivity contribution in [1.82, 2.24) is 14.6 Å². The first-order valence-corrected chi connectivity index (χ1v) is 8.48. The minimum atomic E-state index is -0.420. The van der Waals surface area contributed by atoms with Gasteiger partial charge in [0.15, 0.2) is 0 Å². The third kappa shape index (κ3) is 3.46. The minimum Gasteiger partial charge on any atom is -0.267 e. The first-order valence-electron chi connectivity index (χ1n) is 8.48. The molecule has 2 heterocycles. The summed E-state index contributed by atoms with van der Waals surface area (Å²) in [7, 11) is 0. The van der Waals surface area contributed by atoms with E-state index in [0.29, 0.717) is 28.7 Å². The van der Waals surface area contributed by atoms with E-state index >= 15 is 0 Å². The molecule has 0 bridgehead atoms. The van der Waals surface area contributed by atoms with Crippen LogP contribution in [0.5, 0.6) is 0 Å². The summed E-state index contributed by atoms with van der Waals surface area (Å²) in [5, 5.41) is 0.445. The number of para-hydroxylation sites is 1. The van der Waals surface area contributed by atoms with E-state index in [2.05, 4.69) is 15.4 Å². The van der Waals surface area contributed by atoms with Crippen molar-refractivity contribution in [2.45, 2.75) is 6.42 Å². The van der Waals surface area contributed by atoms with Crippen LogP contribution in [0, 0.1) is 0 Å². The second kappa shape index (κ2) is 7.21. The molecule has 0 aliphatic carbocycles. The number of pyridine rings is 1. The Balaban J connectivity index is 1.81. The third-order valence-electron chi connectivity index (χ3n) is 4.19. The highest BCUT2D eigenvalue weighted by Crippen LogP contribution is 2.11.